The van der Waals surface area contributed by atoms with Gasteiger partial charge in [0.25, 0.3) is 0 Å². The summed E-state index contributed by atoms with van der Waals surface area (Å²) in [6.45, 7) is 13.5. The Bertz CT molecular complexity index is 271. The molecular weight excluding hydrogens is 212 g/mol. The molecule has 2 saturated heterocycles. The van der Waals surface area contributed by atoms with Crippen LogP contribution in [0.3, 0.4) is 0 Å². The summed E-state index contributed by atoms with van der Waals surface area (Å²) in [5, 5.41) is 7.42. The lowest BCUT2D eigenvalue weighted by Gasteiger charge is -2.56. The largest absolute Gasteiger partial charge is 0.357 e. The number of piperidine rings is 1. The summed E-state index contributed by atoms with van der Waals surface area (Å²) in [5.41, 5.74) is 0.0897. The average molecular weight is 240 g/mol. The normalized spacial score (nSPS) is 39.2. The Kier molecular flexibility index (Phi) is 3.08. The van der Waals surface area contributed by atoms with E-state index < -0.39 is 0 Å². The van der Waals surface area contributed by atoms with Gasteiger partial charge in [0.1, 0.15) is 5.72 Å². The highest BCUT2D eigenvalue weighted by atomic mass is 16.5. The number of hydrogen-bond donors (Lipinski definition) is 2. The van der Waals surface area contributed by atoms with Crippen LogP contribution in [0.4, 0.5) is 0 Å². The lowest BCUT2D eigenvalue weighted by atomic mass is 9.76. The predicted molar refractivity (Wildman–Crippen MR) is 71.0 cm³/mol. The van der Waals surface area contributed by atoms with Crippen molar-refractivity contribution in [3.05, 3.63) is 0 Å². The summed E-state index contributed by atoms with van der Waals surface area (Å²) < 4.78 is 6.31. The fraction of sp³-hybridized carbons (Fsp3) is 1.00. The van der Waals surface area contributed by atoms with E-state index in [1.54, 1.807) is 0 Å². The molecule has 2 rings (SSSR count). The topological polar surface area (TPSA) is 33.3 Å². The molecule has 0 amide bonds. The van der Waals surface area contributed by atoms with Crippen molar-refractivity contribution in [1.82, 2.24) is 10.6 Å². The zero-order valence-electron chi connectivity index (χ0n) is 12.2. The van der Waals surface area contributed by atoms with E-state index in [0.717, 1.165) is 19.3 Å². The minimum atomic E-state index is -0.144. The van der Waals surface area contributed by atoms with Crippen molar-refractivity contribution in [3.8, 4) is 0 Å². The number of hydrogen-bond acceptors (Lipinski definition) is 3. The first kappa shape index (κ1) is 13.3. The Labute approximate surface area is 106 Å². The zero-order chi connectivity index (χ0) is 12.9. The molecule has 2 N–H and O–H groups in total. The molecule has 2 fully saturated rings. The lowest BCUT2D eigenvalue weighted by molar-refractivity contribution is -0.188. The maximum atomic E-state index is 6.31. The van der Waals surface area contributed by atoms with Crippen molar-refractivity contribution in [3.63, 3.8) is 0 Å². The second kappa shape index (κ2) is 3.94. The van der Waals surface area contributed by atoms with Gasteiger partial charge in [-0.15, -0.1) is 0 Å². The molecule has 2 aliphatic heterocycles. The van der Waals surface area contributed by atoms with Crippen molar-refractivity contribution in [2.75, 3.05) is 0 Å². The van der Waals surface area contributed by atoms with Gasteiger partial charge in [-0.05, 0) is 48.0 Å². The summed E-state index contributed by atoms with van der Waals surface area (Å²) >= 11 is 0. The van der Waals surface area contributed by atoms with Crippen LogP contribution in [0.15, 0.2) is 0 Å². The van der Waals surface area contributed by atoms with Crippen LogP contribution in [0.1, 0.15) is 60.8 Å². The average Bonchev–Trinajstić information content (AvgIpc) is 1.90. The Hall–Kier alpha value is -0.120. The lowest BCUT2D eigenvalue weighted by Crippen LogP contribution is -2.71. The zero-order valence-corrected chi connectivity index (χ0v) is 12.2. The molecule has 3 nitrogen and oxygen atoms in total. The van der Waals surface area contributed by atoms with Crippen LogP contribution in [-0.4, -0.2) is 28.9 Å². The maximum absolute atomic E-state index is 6.31. The van der Waals surface area contributed by atoms with Crippen molar-refractivity contribution >= 4 is 0 Å². The first-order chi connectivity index (χ1) is 7.62. The highest BCUT2D eigenvalue weighted by Crippen LogP contribution is 2.39. The minimum absolute atomic E-state index is 0.117. The van der Waals surface area contributed by atoms with Crippen molar-refractivity contribution < 1.29 is 4.74 Å². The standard InChI is InChI=1S/C14H28N2O/c1-10-7-11(2)17-14(15-10)8-12(3,4)16-13(5,6)9-14/h10-11,15-16H,7-9H2,1-6H3. The summed E-state index contributed by atoms with van der Waals surface area (Å²) in [6, 6.07) is 0.545. The maximum Gasteiger partial charge on any atom is 0.123 e. The summed E-state index contributed by atoms with van der Waals surface area (Å²) in [4.78, 5) is 0. The Balaban J connectivity index is 2.23. The van der Waals surface area contributed by atoms with E-state index in [4.69, 9.17) is 4.74 Å². The molecular formula is C14H28N2O. The highest BCUT2D eigenvalue weighted by Gasteiger charge is 2.50. The minimum Gasteiger partial charge on any atom is -0.357 e. The Morgan fingerprint density at radius 1 is 1.00 bits per heavy atom. The molecule has 2 unspecified atom stereocenters. The molecule has 0 aliphatic carbocycles. The van der Waals surface area contributed by atoms with E-state index in [1.807, 2.05) is 0 Å². The molecule has 2 aliphatic rings. The SMILES string of the molecule is CC1CC(C)OC2(CC(C)(C)NC(C)(C)C2)N1. The first-order valence-electron chi connectivity index (χ1n) is 6.86. The Morgan fingerprint density at radius 2 is 1.53 bits per heavy atom. The first-order valence-corrected chi connectivity index (χ1v) is 6.86. The molecule has 2 atom stereocenters. The van der Waals surface area contributed by atoms with E-state index >= 15 is 0 Å². The van der Waals surface area contributed by atoms with E-state index in [0.29, 0.717) is 12.1 Å². The molecule has 0 aromatic heterocycles. The fourth-order valence-corrected chi connectivity index (χ4v) is 4.15. The molecule has 0 bridgehead atoms. The molecule has 0 saturated carbocycles. The van der Waals surface area contributed by atoms with E-state index in [2.05, 4.69) is 52.2 Å². The van der Waals surface area contributed by atoms with Crippen LogP contribution in [0.2, 0.25) is 0 Å². The van der Waals surface area contributed by atoms with Gasteiger partial charge in [-0.3, -0.25) is 5.32 Å². The van der Waals surface area contributed by atoms with Crippen LogP contribution in [0, 0.1) is 0 Å². The molecule has 0 radical (unpaired) electrons. The molecule has 2 heterocycles. The van der Waals surface area contributed by atoms with Crippen LogP contribution in [0.25, 0.3) is 0 Å². The van der Waals surface area contributed by atoms with E-state index in [9.17, 15) is 0 Å². The molecule has 17 heavy (non-hydrogen) atoms. The van der Waals surface area contributed by atoms with Crippen molar-refractivity contribution in [2.24, 2.45) is 0 Å². The fourth-order valence-electron chi connectivity index (χ4n) is 4.15. The third-order valence-electron chi connectivity index (χ3n) is 3.75. The summed E-state index contributed by atoms with van der Waals surface area (Å²) in [5.74, 6) is 0. The quantitative estimate of drug-likeness (QED) is 0.682. The molecule has 100 valence electrons. The highest BCUT2D eigenvalue weighted by molar-refractivity contribution is 5.06. The second-order valence-electron chi connectivity index (χ2n) is 7.45. The van der Waals surface area contributed by atoms with Crippen LogP contribution < -0.4 is 10.6 Å². The number of ether oxygens (including phenoxy) is 1. The van der Waals surface area contributed by atoms with Gasteiger partial charge in [0, 0.05) is 30.0 Å². The van der Waals surface area contributed by atoms with Gasteiger partial charge in [0.2, 0.25) is 0 Å². The number of rotatable bonds is 0. The van der Waals surface area contributed by atoms with Gasteiger partial charge < -0.3 is 10.1 Å². The summed E-state index contributed by atoms with van der Waals surface area (Å²) in [6.07, 6.45) is 3.52. The Morgan fingerprint density at radius 3 is 2.00 bits per heavy atom. The van der Waals surface area contributed by atoms with Crippen LogP contribution in [0.5, 0.6) is 0 Å². The monoisotopic (exact) mass is 240 g/mol. The molecule has 0 aromatic carbocycles. The smallest absolute Gasteiger partial charge is 0.123 e. The molecule has 0 aromatic rings. The second-order valence-corrected chi connectivity index (χ2v) is 7.45. The van der Waals surface area contributed by atoms with Gasteiger partial charge in [-0.1, -0.05) is 0 Å². The van der Waals surface area contributed by atoms with E-state index in [1.165, 1.54) is 0 Å². The van der Waals surface area contributed by atoms with Gasteiger partial charge >= 0.3 is 0 Å². The van der Waals surface area contributed by atoms with Gasteiger partial charge in [0.05, 0.1) is 6.10 Å². The van der Waals surface area contributed by atoms with Crippen molar-refractivity contribution in [2.45, 2.75) is 89.8 Å². The van der Waals surface area contributed by atoms with Crippen molar-refractivity contribution in [1.29, 1.82) is 0 Å². The number of nitrogens with one attached hydrogen (secondary N) is 2. The van der Waals surface area contributed by atoms with Gasteiger partial charge in [0.15, 0.2) is 0 Å². The third kappa shape index (κ3) is 3.01. The molecule has 3 heteroatoms. The summed E-state index contributed by atoms with van der Waals surface area (Å²) in [7, 11) is 0. The van der Waals surface area contributed by atoms with Crippen LogP contribution in [-0.2, 0) is 4.74 Å². The van der Waals surface area contributed by atoms with E-state index in [-0.39, 0.29) is 16.8 Å². The third-order valence-corrected chi connectivity index (χ3v) is 3.75. The van der Waals surface area contributed by atoms with Gasteiger partial charge in [-0.25, -0.2) is 0 Å². The van der Waals surface area contributed by atoms with Crippen LogP contribution >= 0.6 is 0 Å². The van der Waals surface area contributed by atoms with Gasteiger partial charge in [-0.2, -0.15) is 0 Å². The molecule has 1 spiro atoms. The predicted octanol–water partition coefficient (Wildman–Crippen LogP) is 2.41.